The third-order valence-electron chi connectivity index (χ3n) is 4.35. The van der Waals surface area contributed by atoms with Crippen molar-refractivity contribution in [3.8, 4) is 0 Å². The van der Waals surface area contributed by atoms with E-state index in [0.29, 0.717) is 16.9 Å². The zero-order chi connectivity index (χ0) is 14.8. The molecule has 2 aliphatic heterocycles. The average molecular weight is 309 g/mol. The van der Waals surface area contributed by atoms with Crippen LogP contribution in [0.1, 0.15) is 45.0 Å². The fourth-order valence-corrected chi connectivity index (χ4v) is 3.99. The van der Waals surface area contributed by atoms with Gasteiger partial charge in [0.05, 0.1) is 11.0 Å². The van der Waals surface area contributed by atoms with E-state index in [1.54, 1.807) is 6.07 Å². The molecule has 3 rings (SSSR count). The number of likely N-dealkylation sites (tertiary alicyclic amines) is 1. The number of ether oxygens (including phenoxy) is 1. The van der Waals surface area contributed by atoms with Crippen molar-refractivity contribution in [2.24, 2.45) is 5.92 Å². The molecule has 3 heterocycles. The van der Waals surface area contributed by atoms with Crippen molar-refractivity contribution < 1.29 is 19.4 Å². The molecule has 0 radical (unpaired) electrons. The Morgan fingerprint density at radius 1 is 1.19 bits per heavy atom. The van der Waals surface area contributed by atoms with Crippen LogP contribution in [0.25, 0.3) is 0 Å². The molecule has 21 heavy (non-hydrogen) atoms. The molecule has 0 aromatic carbocycles. The first-order valence-electron chi connectivity index (χ1n) is 7.39. The SMILES string of the molecule is O=C(O)c1ccc(C(=O)N2CCC(C3CCCO3)CC2)s1. The second-order valence-electron chi connectivity index (χ2n) is 5.65. The van der Waals surface area contributed by atoms with Gasteiger partial charge in [0.2, 0.25) is 0 Å². The number of rotatable bonds is 3. The van der Waals surface area contributed by atoms with Gasteiger partial charge in [-0.25, -0.2) is 4.79 Å². The molecule has 0 spiro atoms. The average Bonchev–Trinajstić information content (AvgIpc) is 3.18. The van der Waals surface area contributed by atoms with E-state index in [0.717, 1.165) is 56.7 Å². The summed E-state index contributed by atoms with van der Waals surface area (Å²) in [6.45, 7) is 2.35. The zero-order valence-electron chi connectivity index (χ0n) is 11.8. The van der Waals surface area contributed by atoms with Crippen LogP contribution in [0.5, 0.6) is 0 Å². The molecule has 0 bridgehead atoms. The fraction of sp³-hybridized carbons (Fsp3) is 0.600. The maximum absolute atomic E-state index is 12.4. The summed E-state index contributed by atoms with van der Waals surface area (Å²) < 4.78 is 5.74. The van der Waals surface area contributed by atoms with E-state index in [1.807, 2.05) is 4.90 Å². The van der Waals surface area contributed by atoms with Crippen LogP contribution in [0.15, 0.2) is 12.1 Å². The van der Waals surface area contributed by atoms with Gasteiger partial charge in [-0.1, -0.05) is 0 Å². The Morgan fingerprint density at radius 3 is 2.48 bits per heavy atom. The Balaban J connectivity index is 1.58. The third-order valence-corrected chi connectivity index (χ3v) is 5.41. The van der Waals surface area contributed by atoms with E-state index in [1.165, 1.54) is 6.07 Å². The molecule has 5 nitrogen and oxygen atoms in total. The van der Waals surface area contributed by atoms with Gasteiger partial charge in [-0.3, -0.25) is 4.79 Å². The van der Waals surface area contributed by atoms with E-state index in [9.17, 15) is 9.59 Å². The number of thiophene rings is 1. The van der Waals surface area contributed by atoms with Gasteiger partial charge in [-0.2, -0.15) is 0 Å². The first kappa shape index (κ1) is 14.5. The third kappa shape index (κ3) is 3.11. The van der Waals surface area contributed by atoms with E-state index >= 15 is 0 Å². The second-order valence-corrected chi connectivity index (χ2v) is 6.73. The molecule has 6 heteroatoms. The van der Waals surface area contributed by atoms with Crippen LogP contribution < -0.4 is 0 Å². The first-order valence-corrected chi connectivity index (χ1v) is 8.21. The number of carboxylic acid groups (broad SMARTS) is 1. The van der Waals surface area contributed by atoms with E-state index in [4.69, 9.17) is 9.84 Å². The summed E-state index contributed by atoms with van der Waals surface area (Å²) >= 11 is 1.05. The number of amides is 1. The fourth-order valence-electron chi connectivity index (χ4n) is 3.17. The lowest BCUT2D eigenvalue weighted by Crippen LogP contribution is -2.40. The summed E-state index contributed by atoms with van der Waals surface area (Å²) in [6, 6.07) is 3.11. The van der Waals surface area contributed by atoms with Crippen LogP contribution in [0.2, 0.25) is 0 Å². The molecule has 2 aliphatic rings. The van der Waals surface area contributed by atoms with E-state index < -0.39 is 5.97 Å². The highest BCUT2D eigenvalue weighted by Gasteiger charge is 2.31. The molecular formula is C15H19NO4S. The number of aromatic carboxylic acids is 1. The van der Waals surface area contributed by atoms with E-state index in [2.05, 4.69) is 0 Å². The molecular weight excluding hydrogens is 290 g/mol. The van der Waals surface area contributed by atoms with Crippen LogP contribution in [-0.4, -0.2) is 47.7 Å². The first-order chi connectivity index (χ1) is 10.1. The Bertz CT molecular complexity index is 528. The lowest BCUT2D eigenvalue weighted by molar-refractivity contribution is 0.0293. The molecule has 1 N–H and O–H groups in total. The molecule has 2 saturated heterocycles. The summed E-state index contributed by atoms with van der Waals surface area (Å²) in [4.78, 5) is 25.8. The smallest absolute Gasteiger partial charge is 0.345 e. The van der Waals surface area contributed by atoms with Gasteiger partial charge in [-0.05, 0) is 43.7 Å². The Hall–Kier alpha value is -1.40. The van der Waals surface area contributed by atoms with Crippen molar-refractivity contribution in [1.29, 1.82) is 0 Å². The minimum absolute atomic E-state index is 0.0432. The Morgan fingerprint density at radius 2 is 1.90 bits per heavy atom. The molecule has 1 amide bonds. The predicted molar refractivity (Wildman–Crippen MR) is 78.9 cm³/mol. The number of carbonyl (C=O) groups excluding carboxylic acids is 1. The number of carboxylic acids is 1. The maximum Gasteiger partial charge on any atom is 0.345 e. The van der Waals surface area contributed by atoms with E-state index in [-0.39, 0.29) is 10.8 Å². The molecule has 1 aromatic heterocycles. The molecule has 0 saturated carbocycles. The van der Waals surface area contributed by atoms with Gasteiger partial charge < -0.3 is 14.7 Å². The summed E-state index contributed by atoms with van der Waals surface area (Å²) in [5.74, 6) is -0.455. The quantitative estimate of drug-likeness (QED) is 0.931. The highest BCUT2D eigenvalue weighted by Crippen LogP contribution is 2.30. The van der Waals surface area contributed by atoms with Gasteiger partial charge in [-0.15, -0.1) is 11.3 Å². The predicted octanol–water partition coefficient (Wildman–Crippen LogP) is 2.48. The molecule has 114 valence electrons. The summed E-state index contributed by atoms with van der Waals surface area (Å²) in [7, 11) is 0. The monoisotopic (exact) mass is 309 g/mol. The number of piperidine rings is 1. The Kier molecular flexibility index (Phi) is 4.26. The van der Waals surface area contributed by atoms with Crippen molar-refractivity contribution in [2.45, 2.75) is 31.8 Å². The van der Waals surface area contributed by atoms with Crippen molar-refractivity contribution in [2.75, 3.05) is 19.7 Å². The molecule has 1 aromatic rings. The maximum atomic E-state index is 12.4. The standard InChI is InChI=1S/C15H19NO4S/c17-14(12-3-4-13(21-12)15(18)19)16-7-5-10(6-8-16)11-2-1-9-20-11/h3-4,10-11H,1-2,5-9H2,(H,18,19). The number of hydrogen-bond acceptors (Lipinski definition) is 4. The largest absolute Gasteiger partial charge is 0.477 e. The van der Waals surface area contributed by atoms with Crippen LogP contribution in [0, 0.1) is 5.92 Å². The van der Waals surface area contributed by atoms with Gasteiger partial charge in [0.25, 0.3) is 5.91 Å². The second kappa shape index (κ2) is 6.15. The van der Waals surface area contributed by atoms with Crippen molar-refractivity contribution in [3.05, 3.63) is 21.9 Å². The van der Waals surface area contributed by atoms with Crippen molar-refractivity contribution in [3.63, 3.8) is 0 Å². The van der Waals surface area contributed by atoms with Gasteiger partial charge in [0, 0.05) is 19.7 Å². The molecule has 2 fully saturated rings. The highest BCUT2D eigenvalue weighted by molar-refractivity contribution is 7.15. The zero-order valence-corrected chi connectivity index (χ0v) is 12.6. The van der Waals surface area contributed by atoms with Crippen molar-refractivity contribution in [1.82, 2.24) is 4.90 Å². The lowest BCUT2D eigenvalue weighted by atomic mass is 9.90. The molecule has 1 unspecified atom stereocenters. The molecule has 1 atom stereocenters. The van der Waals surface area contributed by atoms with Crippen LogP contribution in [0.4, 0.5) is 0 Å². The van der Waals surface area contributed by atoms with Gasteiger partial charge >= 0.3 is 5.97 Å². The number of carbonyl (C=O) groups is 2. The van der Waals surface area contributed by atoms with Crippen LogP contribution in [-0.2, 0) is 4.74 Å². The van der Waals surface area contributed by atoms with Gasteiger partial charge in [0.15, 0.2) is 0 Å². The highest BCUT2D eigenvalue weighted by atomic mass is 32.1. The minimum atomic E-state index is -0.976. The van der Waals surface area contributed by atoms with Gasteiger partial charge in [0.1, 0.15) is 4.88 Å². The number of nitrogens with zero attached hydrogens (tertiary/aromatic N) is 1. The van der Waals surface area contributed by atoms with Crippen molar-refractivity contribution >= 4 is 23.2 Å². The summed E-state index contributed by atoms with van der Waals surface area (Å²) in [6.07, 6.45) is 4.63. The summed E-state index contributed by atoms with van der Waals surface area (Å²) in [5, 5.41) is 8.92. The lowest BCUT2D eigenvalue weighted by Gasteiger charge is -2.34. The molecule has 0 aliphatic carbocycles. The van der Waals surface area contributed by atoms with Crippen LogP contribution >= 0.6 is 11.3 Å². The summed E-state index contributed by atoms with van der Waals surface area (Å²) in [5.41, 5.74) is 0. The minimum Gasteiger partial charge on any atom is -0.477 e. The van der Waals surface area contributed by atoms with Crippen LogP contribution in [0.3, 0.4) is 0 Å². The normalized spacial score (nSPS) is 23.4. The Labute approximate surface area is 127 Å². The number of hydrogen-bond donors (Lipinski definition) is 1. The topological polar surface area (TPSA) is 66.8 Å².